The molecule has 112 valence electrons. The summed E-state index contributed by atoms with van der Waals surface area (Å²) < 4.78 is 10.4. The number of nitrogens with zero attached hydrogens (tertiary/aromatic N) is 1. The molecule has 2 atom stereocenters. The fourth-order valence-electron chi connectivity index (χ4n) is 1.86. The number of rotatable bonds is 7. The van der Waals surface area contributed by atoms with Crippen LogP contribution in [0.2, 0.25) is 0 Å². The van der Waals surface area contributed by atoms with Gasteiger partial charge in [0.15, 0.2) is 12.5 Å². The molecule has 0 heterocycles. The molecule has 0 radical (unpaired) electrons. The van der Waals surface area contributed by atoms with Gasteiger partial charge in [0.25, 0.3) is 0 Å². The summed E-state index contributed by atoms with van der Waals surface area (Å²) in [5.41, 5.74) is 0.756. The predicted molar refractivity (Wildman–Crippen MR) is 80.4 cm³/mol. The summed E-state index contributed by atoms with van der Waals surface area (Å²) in [5.74, 6) is -1.10. The fraction of sp³-hybridized carbons (Fsp3) is 0.250. The van der Waals surface area contributed by atoms with Crippen LogP contribution >= 0.6 is 0 Å². The van der Waals surface area contributed by atoms with Crippen molar-refractivity contribution in [2.45, 2.75) is 26.3 Å². The van der Waals surface area contributed by atoms with Crippen LogP contribution in [0.4, 0.5) is 5.69 Å². The van der Waals surface area contributed by atoms with Crippen molar-refractivity contribution in [3.63, 3.8) is 0 Å². The van der Waals surface area contributed by atoms with Crippen molar-refractivity contribution in [1.82, 2.24) is 0 Å². The highest BCUT2D eigenvalue weighted by atomic mass is 16.6. The van der Waals surface area contributed by atoms with Crippen molar-refractivity contribution in [2.75, 3.05) is 4.90 Å². The number of para-hydroxylation sites is 1. The Bertz CT molecular complexity index is 484. The number of carbonyl (C=O) groups is 2. The van der Waals surface area contributed by atoms with E-state index in [1.165, 1.54) is 0 Å². The monoisotopic (exact) mass is 289 g/mol. The fourth-order valence-corrected chi connectivity index (χ4v) is 1.86. The normalized spacial score (nSPS) is 12.7. The zero-order valence-corrected chi connectivity index (χ0v) is 12.2. The predicted octanol–water partition coefficient (Wildman–Crippen LogP) is 2.64. The molecule has 0 N–H and O–H groups in total. The molecule has 0 saturated heterocycles. The molecule has 2 unspecified atom stereocenters. The van der Waals surface area contributed by atoms with Crippen LogP contribution in [0.15, 0.2) is 55.6 Å². The molecular formula is C16H19NO4. The molecule has 0 aliphatic heterocycles. The van der Waals surface area contributed by atoms with Gasteiger partial charge >= 0.3 is 11.9 Å². The minimum absolute atomic E-state index is 0.550. The van der Waals surface area contributed by atoms with Crippen molar-refractivity contribution in [3.05, 3.63) is 55.6 Å². The number of hydrogen-bond donors (Lipinski definition) is 0. The molecule has 5 nitrogen and oxygen atoms in total. The van der Waals surface area contributed by atoms with E-state index in [1.54, 1.807) is 18.7 Å². The van der Waals surface area contributed by atoms with Gasteiger partial charge in [0.1, 0.15) is 0 Å². The van der Waals surface area contributed by atoms with Gasteiger partial charge in [0.05, 0.1) is 0 Å². The summed E-state index contributed by atoms with van der Waals surface area (Å²) >= 11 is 0. The highest BCUT2D eigenvalue weighted by Gasteiger charge is 2.25. The third-order valence-electron chi connectivity index (χ3n) is 2.74. The van der Waals surface area contributed by atoms with E-state index in [9.17, 15) is 9.59 Å². The Kier molecular flexibility index (Phi) is 6.20. The van der Waals surface area contributed by atoms with Crippen molar-refractivity contribution in [3.8, 4) is 0 Å². The Morgan fingerprint density at radius 2 is 1.43 bits per heavy atom. The average Bonchev–Trinajstić information content (AvgIpc) is 2.48. The van der Waals surface area contributed by atoms with Crippen LogP contribution in [0.5, 0.6) is 0 Å². The molecule has 5 heteroatoms. The highest BCUT2D eigenvalue weighted by Crippen LogP contribution is 2.21. The summed E-state index contributed by atoms with van der Waals surface area (Å²) in [7, 11) is 0. The minimum Gasteiger partial charge on any atom is -0.439 e. The second kappa shape index (κ2) is 7.89. The van der Waals surface area contributed by atoms with Gasteiger partial charge in [-0.2, -0.15) is 0 Å². The summed E-state index contributed by atoms with van der Waals surface area (Å²) in [5, 5.41) is 0. The Morgan fingerprint density at radius 1 is 1.00 bits per heavy atom. The van der Waals surface area contributed by atoms with Gasteiger partial charge in [-0.3, -0.25) is 0 Å². The first-order valence-corrected chi connectivity index (χ1v) is 6.49. The Balaban J connectivity index is 2.99. The number of anilines is 1. The Hall–Kier alpha value is -2.56. The maximum atomic E-state index is 11.4. The third-order valence-corrected chi connectivity index (χ3v) is 2.74. The third kappa shape index (κ3) is 4.80. The molecule has 1 aromatic carbocycles. The van der Waals surface area contributed by atoms with E-state index < -0.39 is 24.4 Å². The molecule has 0 spiro atoms. The molecule has 0 aliphatic rings. The number of esters is 2. The van der Waals surface area contributed by atoms with Gasteiger partial charge in [0.2, 0.25) is 0 Å². The summed E-state index contributed by atoms with van der Waals surface area (Å²) in [6.45, 7) is 10.1. The lowest BCUT2D eigenvalue weighted by molar-refractivity contribution is -0.147. The lowest BCUT2D eigenvalue weighted by Gasteiger charge is -2.34. The standard InChI is InChI=1S/C16H19NO4/c1-5-15(18)20-12(3)17(13(4)21-16(19)6-2)14-10-8-7-9-11-14/h5-13H,1-2H2,3-4H3. The van der Waals surface area contributed by atoms with Crippen LogP contribution in [0, 0.1) is 0 Å². The molecular weight excluding hydrogens is 270 g/mol. The molecule has 1 rings (SSSR count). The van der Waals surface area contributed by atoms with Crippen molar-refractivity contribution in [2.24, 2.45) is 0 Å². The lowest BCUT2D eigenvalue weighted by atomic mass is 10.2. The molecule has 0 saturated carbocycles. The Labute approximate surface area is 124 Å². The quantitative estimate of drug-likeness (QED) is 0.439. The first-order valence-electron chi connectivity index (χ1n) is 6.49. The van der Waals surface area contributed by atoms with Crippen LogP contribution in [0.25, 0.3) is 0 Å². The van der Waals surface area contributed by atoms with E-state index in [1.807, 2.05) is 30.3 Å². The summed E-state index contributed by atoms with van der Waals surface area (Å²) in [6.07, 6.45) is 0.899. The molecule has 0 amide bonds. The lowest BCUT2D eigenvalue weighted by Crippen LogP contribution is -2.44. The van der Waals surface area contributed by atoms with Crippen LogP contribution < -0.4 is 4.90 Å². The molecule has 21 heavy (non-hydrogen) atoms. The zero-order valence-electron chi connectivity index (χ0n) is 12.2. The first-order chi connectivity index (χ1) is 9.99. The second-order valence-corrected chi connectivity index (χ2v) is 4.22. The number of carbonyl (C=O) groups excluding carboxylic acids is 2. The number of benzene rings is 1. The largest absolute Gasteiger partial charge is 0.439 e. The first kappa shape index (κ1) is 16.5. The number of hydrogen-bond acceptors (Lipinski definition) is 5. The molecule has 0 fully saturated rings. The van der Waals surface area contributed by atoms with Gasteiger partial charge < -0.3 is 14.4 Å². The van der Waals surface area contributed by atoms with Crippen molar-refractivity contribution in [1.29, 1.82) is 0 Å². The Morgan fingerprint density at radius 3 is 1.81 bits per heavy atom. The van der Waals surface area contributed by atoms with Crippen LogP contribution in [-0.2, 0) is 19.1 Å². The SMILES string of the molecule is C=CC(=O)OC(C)N(c1ccccc1)C(C)OC(=O)C=C. The van der Waals surface area contributed by atoms with E-state index in [0.29, 0.717) is 0 Å². The van der Waals surface area contributed by atoms with Crippen molar-refractivity contribution < 1.29 is 19.1 Å². The van der Waals surface area contributed by atoms with Gasteiger partial charge in [-0.1, -0.05) is 31.4 Å². The number of ether oxygens (including phenoxy) is 2. The summed E-state index contributed by atoms with van der Waals surface area (Å²) in [6, 6.07) is 9.20. The molecule has 0 bridgehead atoms. The van der Waals surface area contributed by atoms with E-state index in [-0.39, 0.29) is 0 Å². The maximum absolute atomic E-state index is 11.4. The van der Waals surface area contributed by atoms with Gasteiger partial charge in [-0.15, -0.1) is 0 Å². The van der Waals surface area contributed by atoms with E-state index in [4.69, 9.17) is 9.47 Å². The van der Waals surface area contributed by atoms with Crippen LogP contribution in [-0.4, -0.2) is 24.4 Å². The molecule has 1 aromatic rings. The highest BCUT2D eigenvalue weighted by molar-refractivity contribution is 5.82. The average molecular weight is 289 g/mol. The molecule has 0 aliphatic carbocycles. The second-order valence-electron chi connectivity index (χ2n) is 4.22. The van der Waals surface area contributed by atoms with Crippen LogP contribution in [0.3, 0.4) is 0 Å². The van der Waals surface area contributed by atoms with Gasteiger partial charge in [-0.25, -0.2) is 9.59 Å². The van der Waals surface area contributed by atoms with Gasteiger partial charge in [0, 0.05) is 17.8 Å². The molecule has 0 aromatic heterocycles. The minimum atomic E-state index is -0.634. The van der Waals surface area contributed by atoms with Crippen LogP contribution in [0.1, 0.15) is 13.8 Å². The topological polar surface area (TPSA) is 55.8 Å². The maximum Gasteiger partial charge on any atom is 0.332 e. The summed E-state index contributed by atoms with van der Waals surface area (Å²) in [4.78, 5) is 24.4. The van der Waals surface area contributed by atoms with Gasteiger partial charge in [-0.05, 0) is 26.0 Å². The van der Waals surface area contributed by atoms with E-state index in [0.717, 1.165) is 17.8 Å². The smallest absolute Gasteiger partial charge is 0.332 e. The van der Waals surface area contributed by atoms with E-state index in [2.05, 4.69) is 13.2 Å². The van der Waals surface area contributed by atoms with Crippen molar-refractivity contribution >= 4 is 17.6 Å². The zero-order chi connectivity index (χ0) is 15.8. The van der Waals surface area contributed by atoms with E-state index >= 15 is 0 Å².